The number of nitrogens with zero attached hydrogens (tertiary/aromatic N) is 4. The molecule has 5 atom stereocenters. The van der Waals surface area contributed by atoms with Crippen LogP contribution in [0.25, 0.3) is 11.0 Å². The summed E-state index contributed by atoms with van der Waals surface area (Å²) in [5.74, 6) is -0.999. The number of hydrogen-bond donors (Lipinski definition) is 1. The summed E-state index contributed by atoms with van der Waals surface area (Å²) in [6, 6.07) is 0.0546. The van der Waals surface area contributed by atoms with Gasteiger partial charge in [-0.1, -0.05) is 18.9 Å². The zero-order chi connectivity index (χ0) is 33.1. The smallest absolute Gasteiger partial charge is 0.390 e. The molecule has 0 aromatic carbocycles. The Bertz CT molecular complexity index is 1430. The van der Waals surface area contributed by atoms with Crippen LogP contribution in [-0.4, -0.2) is 94.9 Å². The first-order chi connectivity index (χ1) is 22.0. The number of halogens is 1. The SMILES string of the molecule is C=CCC(COC)(OC[C@H]1O[C@@H](n2ncc3c(OC(=O)NC4CCCC4)nc(Cl)nc32)[C@@H]2OC(C)(C)O[C@@H]21)P(=O)(OCC)OCC. The predicted molar refractivity (Wildman–Crippen MR) is 166 cm³/mol. The van der Waals surface area contributed by atoms with Crippen LogP contribution in [0.1, 0.15) is 66.0 Å². The molecule has 0 bridgehead atoms. The average Bonchev–Trinajstić information content (AvgIpc) is 3.77. The van der Waals surface area contributed by atoms with Gasteiger partial charge >= 0.3 is 13.7 Å². The number of nitrogens with one attached hydrogen (secondary N) is 1. The van der Waals surface area contributed by atoms with Crippen LogP contribution in [0.2, 0.25) is 5.28 Å². The van der Waals surface area contributed by atoms with E-state index < -0.39 is 49.4 Å². The Balaban J connectivity index is 1.42. The van der Waals surface area contributed by atoms with E-state index in [1.807, 2.05) is 0 Å². The summed E-state index contributed by atoms with van der Waals surface area (Å²) < 4.78 is 63.4. The Morgan fingerprint density at radius 1 is 1.22 bits per heavy atom. The van der Waals surface area contributed by atoms with Gasteiger partial charge in [-0.05, 0) is 52.1 Å². The van der Waals surface area contributed by atoms with Gasteiger partial charge in [0.15, 0.2) is 23.0 Å². The van der Waals surface area contributed by atoms with Crippen LogP contribution in [0.4, 0.5) is 4.79 Å². The maximum Gasteiger partial charge on any atom is 0.414 e. The molecular weight excluding hydrogens is 645 g/mol. The topological polar surface area (TPSA) is 164 Å². The summed E-state index contributed by atoms with van der Waals surface area (Å²) in [6.45, 7) is 10.9. The van der Waals surface area contributed by atoms with Crippen molar-refractivity contribution >= 4 is 36.3 Å². The molecule has 46 heavy (non-hydrogen) atoms. The van der Waals surface area contributed by atoms with E-state index in [-0.39, 0.29) is 55.7 Å². The quantitative estimate of drug-likeness (QED) is 0.149. The lowest BCUT2D eigenvalue weighted by molar-refractivity contribution is -0.207. The summed E-state index contributed by atoms with van der Waals surface area (Å²) in [7, 11) is -2.40. The molecule has 1 N–H and O–H groups in total. The van der Waals surface area contributed by atoms with Gasteiger partial charge in [0.05, 0.1) is 32.6 Å². The van der Waals surface area contributed by atoms with Crippen LogP contribution in [0, 0.1) is 0 Å². The van der Waals surface area contributed by atoms with E-state index in [4.69, 9.17) is 49.1 Å². The molecule has 1 saturated carbocycles. The second kappa shape index (κ2) is 14.5. The number of carbonyl (C=O) groups is 1. The average molecular weight is 688 g/mol. The van der Waals surface area contributed by atoms with Crippen LogP contribution in [-0.2, 0) is 37.3 Å². The standard InChI is InChI=1S/C29H43ClN5O10P/c1-7-14-29(17-38-6,46(37,40-8-2)41-9-3)39-16-20-21-22(45-28(4,5)44-21)25(42-20)35-23-19(15-31-35)24(34-26(30)33-23)43-27(36)32-18-12-10-11-13-18/h7,15,18,20-22,25H,1,8-14,16-17H2,2-6H3,(H,32,36)/t20-,21-,22-,25-,29?/m1/s1. The van der Waals surface area contributed by atoms with Crippen LogP contribution in [0.3, 0.4) is 0 Å². The molecular formula is C29H43ClN5O10P. The Labute approximate surface area is 273 Å². The molecule has 2 saturated heterocycles. The lowest BCUT2D eigenvalue weighted by atomic mass is 10.1. The highest BCUT2D eigenvalue weighted by Gasteiger charge is 2.58. The molecule has 0 spiro atoms. The molecule has 3 fully saturated rings. The molecule has 2 aromatic rings. The summed E-state index contributed by atoms with van der Waals surface area (Å²) in [4.78, 5) is 21.2. The Hall–Kier alpha value is -2.20. The normalized spacial score (nSPS) is 25.9. The summed E-state index contributed by atoms with van der Waals surface area (Å²) in [5.41, 5.74) is 0.264. The third kappa shape index (κ3) is 7.13. The molecule has 1 aliphatic carbocycles. The van der Waals surface area contributed by atoms with Gasteiger partial charge in [-0.25, -0.2) is 9.48 Å². The molecule has 0 radical (unpaired) electrons. The number of aromatic nitrogens is 4. The summed E-state index contributed by atoms with van der Waals surface area (Å²) in [5, 5.41) is 6.08. The van der Waals surface area contributed by atoms with Crippen LogP contribution < -0.4 is 10.1 Å². The highest BCUT2D eigenvalue weighted by atomic mass is 35.5. The van der Waals surface area contributed by atoms with Crippen molar-refractivity contribution in [1.82, 2.24) is 25.1 Å². The monoisotopic (exact) mass is 687 g/mol. The van der Waals surface area contributed by atoms with Crippen molar-refractivity contribution in [3.8, 4) is 5.88 Å². The van der Waals surface area contributed by atoms with Crippen molar-refractivity contribution in [1.29, 1.82) is 0 Å². The first kappa shape index (κ1) is 35.1. The summed E-state index contributed by atoms with van der Waals surface area (Å²) >= 11 is 6.29. The molecule has 4 heterocycles. The van der Waals surface area contributed by atoms with Gasteiger partial charge in [0.2, 0.25) is 11.2 Å². The molecule has 1 unspecified atom stereocenters. The Morgan fingerprint density at radius 2 is 1.91 bits per heavy atom. The van der Waals surface area contributed by atoms with Crippen LogP contribution >= 0.6 is 19.2 Å². The Morgan fingerprint density at radius 3 is 2.57 bits per heavy atom. The minimum Gasteiger partial charge on any atom is -0.390 e. The van der Waals surface area contributed by atoms with Crippen molar-refractivity contribution in [2.45, 2.75) is 102 Å². The molecule has 17 heteroatoms. The third-order valence-corrected chi connectivity index (χ3v) is 10.9. The minimum atomic E-state index is -3.87. The van der Waals surface area contributed by atoms with E-state index in [0.29, 0.717) is 5.39 Å². The van der Waals surface area contributed by atoms with Gasteiger partial charge in [0.25, 0.3) is 0 Å². The second-order valence-corrected chi connectivity index (χ2v) is 14.4. The molecule has 2 aromatic heterocycles. The minimum absolute atomic E-state index is 0.0357. The number of ether oxygens (including phenoxy) is 6. The maximum atomic E-state index is 14.1. The number of carbonyl (C=O) groups excluding carboxylic acids is 1. The molecule has 15 nitrogen and oxygen atoms in total. The van der Waals surface area contributed by atoms with Gasteiger partial charge in [-0.15, -0.1) is 6.58 Å². The predicted octanol–water partition coefficient (Wildman–Crippen LogP) is 5.13. The van der Waals surface area contributed by atoms with Crippen molar-refractivity contribution < 1.29 is 46.8 Å². The van der Waals surface area contributed by atoms with Crippen molar-refractivity contribution in [3.63, 3.8) is 0 Å². The molecule has 256 valence electrons. The van der Waals surface area contributed by atoms with Crippen LogP contribution in [0.15, 0.2) is 18.9 Å². The first-order valence-corrected chi connectivity index (χ1v) is 17.4. The molecule has 5 rings (SSSR count). The number of fused-ring (bicyclic) bond motifs is 2. The third-order valence-electron chi connectivity index (χ3n) is 8.07. The van der Waals surface area contributed by atoms with Gasteiger partial charge in [-0.2, -0.15) is 15.1 Å². The van der Waals surface area contributed by atoms with Crippen LogP contribution in [0.5, 0.6) is 5.88 Å². The fourth-order valence-corrected chi connectivity index (χ4v) is 8.47. The summed E-state index contributed by atoms with van der Waals surface area (Å²) in [6.07, 6.45) is 3.58. The molecule has 2 aliphatic heterocycles. The maximum absolute atomic E-state index is 14.1. The highest BCUT2D eigenvalue weighted by molar-refractivity contribution is 7.55. The van der Waals surface area contributed by atoms with E-state index in [1.54, 1.807) is 33.8 Å². The zero-order valence-electron chi connectivity index (χ0n) is 26.8. The zero-order valence-corrected chi connectivity index (χ0v) is 28.5. The van der Waals surface area contributed by atoms with E-state index in [0.717, 1.165) is 25.7 Å². The van der Waals surface area contributed by atoms with E-state index in [2.05, 4.69) is 27.0 Å². The fourth-order valence-electron chi connectivity index (χ4n) is 6.21. The van der Waals surface area contributed by atoms with Crippen molar-refractivity contribution in [2.75, 3.05) is 33.5 Å². The lowest BCUT2D eigenvalue weighted by Gasteiger charge is -2.38. The van der Waals surface area contributed by atoms with E-state index in [9.17, 15) is 9.36 Å². The number of hydrogen-bond acceptors (Lipinski definition) is 13. The second-order valence-electron chi connectivity index (χ2n) is 11.8. The van der Waals surface area contributed by atoms with Gasteiger partial charge < -0.3 is 42.8 Å². The van der Waals surface area contributed by atoms with Crippen molar-refractivity contribution in [3.05, 3.63) is 24.1 Å². The van der Waals surface area contributed by atoms with Crippen molar-refractivity contribution in [2.24, 2.45) is 0 Å². The number of amides is 1. The van der Waals surface area contributed by atoms with E-state index in [1.165, 1.54) is 18.0 Å². The molecule has 3 aliphatic rings. The number of rotatable bonds is 15. The largest absolute Gasteiger partial charge is 0.414 e. The fraction of sp³-hybridized carbons (Fsp3) is 0.724. The van der Waals surface area contributed by atoms with Gasteiger partial charge in [0, 0.05) is 19.6 Å². The Kier molecular flexibility index (Phi) is 11.1. The van der Waals surface area contributed by atoms with E-state index >= 15 is 0 Å². The molecule has 1 amide bonds. The van der Waals surface area contributed by atoms with Gasteiger partial charge in [0.1, 0.15) is 23.7 Å². The lowest BCUT2D eigenvalue weighted by Crippen LogP contribution is -2.43. The number of methoxy groups -OCH3 is 1. The van der Waals surface area contributed by atoms with Gasteiger partial charge in [-0.3, -0.25) is 4.57 Å². The highest BCUT2D eigenvalue weighted by Crippen LogP contribution is 2.62. The first-order valence-electron chi connectivity index (χ1n) is 15.5.